The van der Waals surface area contributed by atoms with Crippen LogP contribution in [0.4, 0.5) is 0 Å². The molecule has 3 amide bonds. The van der Waals surface area contributed by atoms with Gasteiger partial charge in [0.05, 0.1) is 4.75 Å². The molecule has 172 valence electrons. The van der Waals surface area contributed by atoms with Crippen molar-refractivity contribution in [3.05, 3.63) is 12.2 Å². The second kappa shape index (κ2) is 7.90. The maximum absolute atomic E-state index is 13.2. The number of rotatable bonds is 3. The largest absolute Gasteiger partial charge is 0.346 e. The molecule has 8 nitrogen and oxygen atoms in total. The van der Waals surface area contributed by atoms with Gasteiger partial charge in [-0.05, 0) is 58.3 Å². The van der Waals surface area contributed by atoms with Crippen LogP contribution in [0.3, 0.4) is 0 Å². The summed E-state index contributed by atoms with van der Waals surface area (Å²) in [6, 6.07) is 0. The van der Waals surface area contributed by atoms with E-state index in [1.165, 1.54) is 0 Å². The Bertz CT molecular complexity index is 910. The van der Waals surface area contributed by atoms with Crippen molar-refractivity contribution in [2.24, 2.45) is 17.8 Å². The topological polar surface area (TPSA) is 113 Å². The van der Waals surface area contributed by atoms with Crippen LogP contribution in [-0.4, -0.2) is 54.9 Å². The molecule has 4 rings (SSSR count). The molecule has 0 aromatic rings. The zero-order chi connectivity index (χ0) is 22.4. The maximum atomic E-state index is 13.2. The van der Waals surface area contributed by atoms with Gasteiger partial charge in [0, 0.05) is 31.3 Å². The van der Waals surface area contributed by atoms with E-state index in [0.29, 0.717) is 38.6 Å². The van der Waals surface area contributed by atoms with Gasteiger partial charge in [-0.3, -0.25) is 19.1 Å². The second-order valence-electron chi connectivity index (χ2n) is 9.98. The van der Waals surface area contributed by atoms with Crippen molar-refractivity contribution >= 4 is 27.7 Å². The predicted molar refractivity (Wildman–Crippen MR) is 115 cm³/mol. The van der Waals surface area contributed by atoms with E-state index in [-0.39, 0.29) is 23.7 Å². The second-order valence-corrected chi connectivity index (χ2v) is 12.2. The van der Waals surface area contributed by atoms with Crippen LogP contribution in [0, 0.1) is 17.8 Å². The minimum atomic E-state index is -3.79. The van der Waals surface area contributed by atoms with Crippen LogP contribution in [0.1, 0.15) is 64.7 Å². The Morgan fingerprint density at radius 3 is 2.58 bits per heavy atom. The minimum absolute atomic E-state index is 0.0136. The number of allylic oxidation sites excluding steroid dienone is 1. The quantitative estimate of drug-likeness (QED) is 0.631. The molecule has 2 N–H and O–H groups in total. The van der Waals surface area contributed by atoms with E-state index in [0.717, 1.165) is 25.7 Å². The lowest BCUT2D eigenvalue weighted by molar-refractivity contribution is -0.140. The van der Waals surface area contributed by atoms with Gasteiger partial charge in [-0.2, -0.15) is 0 Å². The highest BCUT2D eigenvalue weighted by Gasteiger charge is 2.62. The Hall–Kier alpha value is -1.90. The molecule has 0 bridgehead atoms. The summed E-state index contributed by atoms with van der Waals surface area (Å²) < 4.78 is 26.6. The van der Waals surface area contributed by atoms with Crippen molar-refractivity contribution in [3.8, 4) is 0 Å². The standard InChI is InChI=1S/C22H33N3O5S/c1-21(11-12-21)31(29,30)24-20(28)22-14-15(22)8-5-3-4-6-13-25(2)19(27)17-10-7-9-16(17)18(26)23-22/h5,8,15-17H,3-4,6-7,9-14H2,1-2H3,(H,23,26)(H,24,28)/b8-5-/t15?,16-,17?,22-/m1/s1. The zero-order valence-corrected chi connectivity index (χ0v) is 19.2. The summed E-state index contributed by atoms with van der Waals surface area (Å²) in [6.45, 7) is 2.30. The first-order valence-corrected chi connectivity index (χ1v) is 12.9. The smallest absolute Gasteiger partial charge is 0.259 e. The molecule has 0 spiro atoms. The van der Waals surface area contributed by atoms with Crippen LogP contribution in [-0.2, 0) is 24.4 Å². The summed E-state index contributed by atoms with van der Waals surface area (Å²) in [4.78, 5) is 41.0. The van der Waals surface area contributed by atoms with Gasteiger partial charge in [-0.15, -0.1) is 0 Å². The van der Waals surface area contributed by atoms with Gasteiger partial charge in [0.1, 0.15) is 5.54 Å². The van der Waals surface area contributed by atoms with Crippen molar-refractivity contribution < 1.29 is 22.8 Å². The first-order valence-electron chi connectivity index (χ1n) is 11.4. The Morgan fingerprint density at radius 1 is 1.16 bits per heavy atom. The molecular formula is C22H33N3O5S. The third-order valence-corrected chi connectivity index (χ3v) is 9.78. The molecule has 3 aliphatic carbocycles. The first kappa shape index (κ1) is 22.3. The maximum Gasteiger partial charge on any atom is 0.259 e. The van der Waals surface area contributed by atoms with Gasteiger partial charge in [-0.25, -0.2) is 8.42 Å². The third kappa shape index (κ3) is 4.13. The van der Waals surface area contributed by atoms with Crippen LogP contribution < -0.4 is 10.0 Å². The van der Waals surface area contributed by atoms with Crippen LogP contribution >= 0.6 is 0 Å². The number of hydrogen-bond donors (Lipinski definition) is 2. The van der Waals surface area contributed by atoms with Crippen LogP contribution in [0.25, 0.3) is 0 Å². The lowest BCUT2D eigenvalue weighted by atomic mass is 9.93. The van der Waals surface area contributed by atoms with Crippen LogP contribution in [0.2, 0.25) is 0 Å². The van der Waals surface area contributed by atoms with E-state index < -0.39 is 32.1 Å². The molecule has 31 heavy (non-hydrogen) atoms. The molecule has 3 fully saturated rings. The van der Waals surface area contributed by atoms with E-state index in [9.17, 15) is 22.8 Å². The number of hydrogen-bond acceptors (Lipinski definition) is 5. The predicted octanol–water partition coefficient (Wildman–Crippen LogP) is 1.47. The number of sulfonamides is 1. The Morgan fingerprint density at radius 2 is 1.87 bits per heavy atom. The minimum Gasteiger partial charge on any atom is -0.346 e. The van der Waals surface area contributed by atoms with Crippen molar-refractivity contribution in [2.75, 3.05) is 13.6 Å². The highest BCUT2D eigenvalue weighted by Crippen LogP contribution is 2.48. The van der Waals surface area contributed by atoms with Crippen molar-refractivity contribution in [1.82, 2.24) is 14.9 Å². The number of nitrogens with zero attached hydrogens (tertiary/aromatic N) is 1. The van der Waals surface area contributed by atoms with Crippen molar-refractivity contribution in [1.29, 1.82) is 0 Å². The average molecular weight is 452 g/mol. The van der Waals surface area contributed by atoms with E-state index in [2.05, 4.69) is 10.0 Å². The monoisotopic (exact) mass is 451 g/mol. The SMILES string of the molecule is CN1CCCC/C=C\C2C[C@@]2(C(=O)NS(=O)(=O)C2(C)CC2)NC(=O)[C@@H]2CCCC2C1=O. The molecule has 1 heterocycles. The Balaban J connectivity index is 1.57. The lowest BCUT2D eigenvalue weighted by Crippen LogP contribution is -2.55. The summed E-state index contributed by atoms with van der Waals surface area (Å²) in [6.07, 6.45) is 10.0. The summed E-state index contributed by atoms with van der Waals surface area (Å²) in [5, 5.41) is 2.88. The van der Waals surface area contributed by atoms with E-state index >= 15 is 0 Å². The van der Waals surface area contributed by atoms with Crippen molar-refractivity contribution in [3.63, 3.8) is 0 Å². The Kier molecular flexibility index (Phi) is 5.69. The summed E-state index contributed by atoms with van der Waals surface area (Å²) in [5.74, 6) is -2.09. The molecule has 0 aromatic carbocycles. The molecule has 0 saturated heterocycles. The zero-order valence-electron chi connectivity index (χ0n) is 18.4. The first-order chi connectivity index (χ1) is 14.6. The highest BCUT2D eigenvalue weighted by molar-refractivity contribution is 7.91. The third-order valence-electron chi connectivity index (χ3n) is 7.62. The number of carbonyl (C=O) groups is 3. The number of fused-ring (bicyclic) bond motifs is 2. The number of carbonyl (C=O) groups excluding carboxylic acids is 3. The number of amides is 3. The van der Waals surface area contributed by atoms with Gasteiger partial charge in [0.2, 0.25) is 21.8 Å². The lowest BCUT2D eigenvalue weighted by Gasteiger charge is -2.27. The van der Waals surface area contributed by atoms with E-state index in [1.807, 2.05) is 12.2 Å². The fraction of sp³-hybridized carbons (Fsp3) is 0.773. The molecule has 0 radical (unpaired) electrons. The van der Waals surface area contributed by atoms with Gasteiger partial charge in [-0.1, -0.05) is 18.6 Å². The van der Waals surface area contributed by atoms with Gasteiger partial charge in [0.15, 0.2) is 0 Å². The van der Waals surface area contributed by atoms with Gasteiger partial charge < -0.3 is 10.2 Å². The summed E-state index contributed by atoms with van der Waals surface area (Å²) in [7, 11) is -2.01. The normalized spacial score (nSPS) is 36.5. The molecule has 4 atom stereocenters. The molecule has 4 aliphatic rings. The molecule has 3 saturated carbocycles. The Labute approximate surface area is 184 Å². The molecule has 1 aliphatic heterocycles. The number of nitrogens with one attached hydrogen (secondary N) is 2. The fourth-order valence-electron chi connectivity index (χ4n) is 4.91. The molecule has 2 unspecified atom stereocenters. The van der Waals surface area contributed by atoms with Gasteiger partial charge >= 0.3 is 0 Å². The highest BCUT2D eigenvalue weighted by atomic mass is 32.2. The molecular weight excluding hydrogens is 418 g/mol. The molecule has 0 aromatic heterocycles. The van der Waals surface area contributed by atoms with Crippen molar-refractivity contribution in [2.45, 2.75) is 75.0 Å². The van der Waals surface area contributed by atoms with Gasteiger partial charge in [0.25, 0.3) is 5.91 Å². The van der Waals surface area contributed by atoms with Crippen LogP contribution in [0.15, 0.2) is 12.2 Å². The average Bonchev–Trinajstić information content (AvgIpc) is 3.56. The van der Waals surface area contributed by atoms with E-state index in [4.69, 9.17) is 0 Å². The summed E-state index contributed by atoms with van der Waals surface area (Å²) >= 11 is 0. The molecule has 9 heteroatoms. The summed E-state index contributed by atoms with van der Waals surface area (Å²) in [5.41, 5.74) is -1.25. The van der Waals surface area contributed by atoms with Crippen LogP contribution in [0.5, 0.6) is 0 Å². The fourth-order valence-corrected chi connectivity index (χ4v) is 6.22. The van der Waals surface area contributed by atoms with E-state index in [1.54, 1.807) is 18.9 Å².